The van der Waals surface area contributed by atoms with Gasteiger partial charge in [0.05, 0.1) is 11.6 Å². The number of halogens is 1. The van der Waals surface area contributed by atoms with Crippen LogP contribution in [0.1, 0.15) is 28.5 Å². The molecular formula is C17H17ClN2O2S. The van der Waals surface area contributed by atoms with Crippen LogP contribution in [0.25, 0.3) is 0 Å². The number of nitrogens with zero attached hydrogens (tertiary/aromatic N) is 2. The highest BCUT2D eigenvalue weighted by molar-refractivity contribution is 7.14. The molecule has 0 unspecified atom stereocenters. The molecule has 0 saturated heterocycles. The number of ether oxygens (including phenoxy) is 1. The van der Waals surface area contributed by atoms with Gasteiger partial charge in [-0.25, -0.2) is 0 Å². The number of esters is 1. The van der Waals surface area contributed by atoms with Crippen molar-refractivity contribution in [3.63, 3.8) is 0 Å². The van der Waals surface area contributed by atoms with Crippen LogP contribution in [0.15, 0.2) is 30.3 Å². The number of hydrogen-bond donors (Lipinski definition) is 0. The molecule has 0 spiro atoms. The van der Waals surface area contributed by atoms with E-state index < -0.39 is 0 Å². The van der Waals surface area contributed by atoms with E-state index in [1.807, 2.05) is 30.3 Å². The van der Waals surface area contributed by atoms with Gasteiger partial charge in [-0.1, -0.05) is 18.2 Å². The second kappa shape index (κ2) is 7.60. The summed E-state index contributed by atoms with van der Waals surface area (Å²) in [5, 5.41) is 9.86. The second-order valence-electron chi connectivity index (χ2n) is 5.34. The van der Waals surface area contributed by atoms with E-state index in [9.17, 15) is 10.1 Å². The van der Waals surface area contributed by atoms with Crippen molar-refractivity contribution in [2.75, 3.05) is 6.54 Å². The van der Waals surface area contributed by atoms with Gasteiger partial charge in [-0.3, -0.25) is 9.69 Å². The first-order valence-electron chi connectivity index (χ1n) is 7.16. The molecule has 1 aromatic carbocycles. The molecule has 0 fully saturated rings. The Morgan fingerprint density at radius 2 is 2.22 bits per heavy atom. The number of benzene rings is 1. The maximum atomic E-state index is 11.0. The third-order valence-electron chi connectivity index (χ3n) is 3.70. The molecule has 0 saturated carbocycles. The minimum absolute atomic E-state index is 0. The molecule has 2 aromatic rings. The van der Waals surface area contributed by atoms with E-state index in [-0.39, 0.29) is 18.4 Å². The molecule has 0 atom stereocenters. The van der Waals surface area contributed by atoms with Crippen LogP contribution >= 0.6 is 23.7 Å². The SMILES string of the molecule is CC(=O)Oc1cc2c(s1)CCN(Cc1ccccc1C#N)C2.Cl. The number of carbonyl (C=O) groups is 1. The minimum atomic E-state index is -0.279. The normalized spacial score (nSPS) is 13.6. The minimum Gasteiger partial charge on any atom is -0.416 e. The molecule has 1 aliphatic rings. The topological polar surface area (TPSA) is 53.3 Å². The van der Waals surface area contributed by atoms with Crippen molar-refractivity contribution < 1.29 is 9.53 Å². The second-order valence-corrected chi connectivity index (χ2v) is 6.44. The lowest BCUT2D eigenvalue weighted by molar-refractivity contribution is -0.131. The van der Waals surface area contributed by atoms with Crippen molar-refractivity contribution >= 4 is 29.7 Å². The van der Waals surface area contributed by atoms with Gasteiger partial charge < -0.3 is 4.74 Å². The fraction of sp³-hybridized carbons (Fsp3) is 0.294. The standard InChI is InChI=1S/C17H16N2O2S.ClH/c1-12(20)21-17-8-15-11-19(7-6-16(15)22-17)10-14-5-3-2-4-13(14)9-18;/h2-5,8H,6-7,10-11H2,1H3;1H. The Morgan fingerprint density at radius 3 is 2.96 bits per heavy atom. The maximum absolute atomic E-state index is 11.0. The van der Waals surface area contributed by atoms with E-state index in [1.165, 1.54) is 17.4 Å². The Morgan fingerprint density at radius 1 is 1.43 bits per heavy atom. The molecule has 4 nitrogen and oxygen atoms in total. The lowest BCUT2D eigenvalue weighted by Gasteiger charge is -2.26. The number of fused-ring (bicyclic) bond motifs is 1. The van der Waals surface area contributed by atoms with Crippen LogP contribution < -0.4 is 4.74 Å². The molecule has 1 aromatic heterocycles. The van der Waals surface area contributed by atoms with Crippen molar-refractivity contribution in [1.29, 1.82) is 5.26 Å². The summed E-state index contributed by atoms with van der Waals surface area (Å²) in [6, 6.07) is 11.9. The summed E-state index contributed by atoms with van der Waals surface area (Å²) in [5.41, 5.74) is 3.02. The molecule has 0 radical (unpaired) electrons. The van der Waals surface area contributed by atoms with Crippen LogP contribution in [0.4, 0.5) is 0 Å². The van der Waals surface area contributed by atoms with Crippen molar-refractivity contribution in [2.24, 2.45) is 0 Å². The first-order valence-corrected chi connectivity index (χ1v) is 7.97. The number of hydrogen-bond acceptors (Lipinski definition) is 5. The van der Waals surface area contributed by atoms with Crippen molar-refractivity contribution in [3.05, 3.63) is 51.9 Å². The fourth-order valence-electron chi connectivity index (χ4n) is 2.70. The maximum Gasteiger partial charge on any atom is 0.308 e. The Labute approximate surface area is 145 Å². The molecule has 23 heavy (non-hydrogen) atoms. The van der Waals surface area contributed by atoms with Gasteiger partial charge in [-0.05, 0) is 29.7 Å². The summed E-state index contributed by atoms with van der Waals surface area (Å²) < 4.78 is 5.18. The van der Waals surface area contributed by atoms with Crippen LogP contribution in [0.5, 0.6) is 5.06 Å². The Hall–Kier alpha value is -1.87. The summed E-state index contributed by atoms with van der Waals surface area (Å²) in [5.74, 6) is -0.279. The van der Waals surface area contributed by atoms with E-state index in [1.54, 1.807) is 11.3 Å². The smallest absolute Gasteiger partial charge is 0.308 e. The summed E-state index contributed by atoms with van der Waals surface area (Å²) in [6.45, 7) is 3.96. The third-order valence-corrected chi connectivity index (χ3v) is 4.81. The first-order chi connectivity index (χ1) is 10.7. The van der Waals surface area contributed by atoms with E-state index in [4.69, 9.17) is 4.74 Å². The molecule has 0 bridgehead atoms. The molecule has 0 amide bonds. The molecular weight excluding hydrogens is 332 g/mol. The monoisotopic (exact) mass is 348 g/mol. The van der Waals surface area contributed by atoms with Crippen molar-refractivity contribution in [3.8, 4) is 11.1 Å². The predicted octanol–water partition coefficient (Wildman–Crippen LogP) is 3.53. The molecule has 3 rings (SSSR count). The Bertz CT molecular complexity index is 751. The summed E-state index contributed by atoms with van der Waals surface area (Å²) >= 11 is 1.56. The van der Waals surface area contributed by atoms with E-state index >= 15 is 0 Å². The summed E-state index contributed by atoms with van der Waals surface area (Å²) in [4.78, 5) is 14.7. The van der Waals surface area contributed by atoms with Gasteiger partial charge in [0.1, 0.15) is 0 Å². The first kappa shape index (κ1) is 17.5. The number of rotatable bonds is 3. The molecule has 120 valence electrons. The number of carbonyl (C=O) groups excluding carboxylic acids is 1. The fourth-order valence-corrected chi connectivity index (χ4v) is 3.75. The Kier molecular flexibility index (Phi) is 5.78. The molecule has 0 aliphatic carbocycles. The summed E-state index contributed by atoms with van der Waals surface area (Å²) in [6.07, 6.45) is 0.954. The lowest BCUT2D eigenvalue weighted by atomic mass is 10.1. The van der Waals surface area contributed by atoms with E-state index in [2.05, 4.69) is 11.0 Å². The van der Waals surface area contributed by atoms with Crippen LogP contribution in [-0.4, -0.2) is 17.4 Å². The van der Waals surface area contributed by atoms with Gasteiger partial charge >= 0.3 is 5.97 Å². The van der Waals surface area contributed by atoms with Gasteiger partial charge in [-0.2, -0.15) is 5.26 Å². The van der Waals surface area contributed by atoms with Gasteiger partial charge in [0, 0.05) is 31.4 Å². The van der Waals surface area contributed by atoms with E-state index in [0.29, 0.717) is 5.06 Å². The van der Waals surface area contributed by atoms with Gasteiger partial charge in [0.25, 0.3) is 0 Å². The number of thiophene rings is 1. The predicted molar refractivity (Wildman–Crippen MR) is 91.9 cm³/mol. The third kappa shape index (κ3) is 4.11. The quantitative estimate of drug-likeness (QED) is 0.796. The van der Waals surface area contributed by atoms with Crippen molar-refractivity contribution in [1.82, 2.24) is 4.90 Å². The largest absolute Gasteiger partial charge is 0.416 e. The van der Waals surface area contributed by atoms with Crippen LogP contribution in [-0.2, 0) is 24.3 Å². The van der Waals surface area contributed by atoms with Gasteiger partial charge in [0.15, 0.2) is 5.06 Å². The van der Waals surface area contributed by atoms with Crippen molar-refractivity contribution in [2.45, 2.75) is 26.4 Å². The van der Waals surface area contributed by atoms with Gasteiger partial charge in [0.2, 0.25) is 0 Å². The van der Waals surface area contributed by atoms with Gasteiger partial charge in [-0.15, -0.1) is 23.7 Å². The molecule has 2 heterocycles. The zero-order valence-electron chi connectivity index (χ0n) is 12.7. The van der Waals surface area contributed by atoms with Crippen LogP contribution in [0, 0.1) is 11.3 Å². The Balaban J connectivity index is 0.00000192. The average molecular weight is 349 g/mol. The highest BCUT2D eigenvalue weighted by Gasteiger charge is 2.21. The molecule has 6 heteroatoms. The number of nitriles is 1. The average Bonchev–Trinajstić information content (AvgIpc) is 2.88. The summed E-state index contributed by atoms with van der Waals surface area (Å²) in [7, 11) is 0. The molecule has 0 N–H and O–H groups in total. The van der Waals surface area contributed by atoms with Crippen LogP contribution in [0.2, 0.25) is 0 Å². The highest BCUT2D eigenvalue weighted by atomic mass is 35.5. The van der Waals surface area contributed by atoms with Crippen LogP contribution in [0.3, 0.4) is 0 Å². The molecule has 1 aliphatic heterocycles. The highest BCUT2D eigenvalue weighted by Crippen LogP contribution is 2.33. The zero-order valence-corrected chi connectivity index (χ0v) is 14.4. The van der Waals surface area contributed by atoms with E-state index in [0.717, 1.165) is 37.2 Å². The lowest BCUT2D eigenvalue weighted by Crippen LogP contribution is -2.29. The zero-order chi connectivity index (χ0) is 15.5.